The van der Waals surface area contributed by atoms with Crippen LogP contribution in [0.2, 0.25) is 0 Å². The van der Waals surface area contributed by atoms with Gasteiger partial charge in [-0.05, 0) is 62.4 Å². The Bertz CT molecular complexity index is 1010. The maximum Gasteiger partial charge on any atom is 0.244 e. The summed E-state index contributed by atoms with van der Waals surface area (Å²) >= 11 is 0. The fourth-order valence-corrected chi connectivity index (χ4v) is 6.53. The Balaban J connectivity index is 1.84. The van der Waals surface area contributed by atoms with Crippen molar-refractivity contribution in [1.82, 2.24) is 9.62 Å². The third-order valence-corrected chi connectivity index (χ3v) is 8.06. The number of halogens is 1. The van der Waals surface area contributed by atoms with Gasteiger partial charge in [-0.3, -0.25) is 4.79 Å². The SMILES string of the molecule is Cc1cc(C)c(S(=O)(=O)N(CC(=O)NCc2ccc(F)cc2)C2CCCCC2)c(C)c1. The quantitative estimate of drug-likeness (QED) is 0.686. The minimum Gasteiger partial charge on any atom is -0.351 e. The highest BCUT2D eigenvalue weighted by Crippen LogP contribution is 2.31. The number of benzene rings is 2. The highest BCUT2D eigenvalue weighted by molar-refractivity contribution is 7.89. The van der Waals surface area contributed by atoms with E-state index in [0.29, 0.717) is 16.0 Å². The summed E-state index contributed by atoms with van der Waals surface area (Å²) in [5.74, 6) is -0.700. The Morgan fingerprint density at radius 3 is 2.19 bits per heavy atom. The molecule has 0 aromatic heterocycles. The van der Waals surface area contributed by atoms with Crippen LogP contribution in [-0.4, -0.2) is 31.2 Å². The molecule has 2 aromatic rings. The largest absolute Gasteiger partial charge is 0.351 e. The lowest BCUT2D eigenvalue weighted by molar-refractivity contribution is -0.121. The smallest absolute Gasteiger partial charge is 0.244 e. The van der Waals surface area contributed by atoms with Crippen molar-refractivity contribution >= 4 is 15.9 Å². The van der Waals surface area contributed by atoms with Crippen LogP contribution in [0.1, 0.15) is 54.4 Å². The topological polar surface area (TPSA) is 66.5 Å². The van der Waals surface area contributed by atoms with E-state index in [9.17, 15) is 17.6 Å². The standard InChI is InChI=1S/C24H31FN2O3S/c1-17-13-18(2)24(19(3)14-17)31(29,30)27(22-7-5-4-6-8-22)16-23(28)26-15-20-9-11-21(25)12-10-20/h9-14,22H,4-8,15-16H2,1-3H3,(H,26,28). The number of carbonyl (C=O) groups is 1. The molecule has 3 rings (SSSR count). The van der Waals surface area contributed by atoms with Gasteiger partial charge in [0.1, 0.15) is 5.82 Å². The fourth-order valence-electron chi connectivity index (χ4n) is 4.47. The first-order valence-electron chi connectivity index (χ1n) is 10.8. The summed E-state index contributed by atoms with van der Waals surface area (Å²) in [5, 5.41) is 2.78. The Kier molecular flexibility index (Phi) is 7.49. The summed E-state index contributed by atoms with van der Waals surface area (Å²) in [6.07, 6.45) is 4.52. The van der Waals surface area contributed by atoms with E-state index in [1.165, 1.54) is 16.4 Å². The van der Waals surface area contributed by atoms with E-state index in [2.05, 4.69) is 5.32 Å². The molecular weight excluding hydrogens is 415 g/mol. The molecule has 1 N–H and O–H groups in total. The predicted octanol–water partition coefficient (Wildman–Crippen LogP) is 4.39. The molecule has 31 heavy (non-hydrogen) atoms. The van der Waals surface area contributed by atoms with Gasteiger partial charge in [0.25, 0.3) is 0 Å². The Labute approximate surface area is 184 Å². The van der Waals surface area contributed by atoms with E-state index in [0.717, 1.165) is 43.2 Å². The van der Waals surface area contributed by atoms with Crippen molar-refractivity contribution in [2.24, 2.45) is 0 Å². The molecule has 0 bridgehead atoms. The van der Waals surface area contributed by atoms with Crippen LogP contribution in [-0.2, 0) is 21.4 Å². The molecule has 5 nitrogen and oxygen atoms in total. The van der Waals surface area contributed by atoms with Gasteiger partial charge >= 0.3 is 0 Å². The molecule has 7 heteroatoms. The average Bonchev–Trinajstić information content (AvgIpc) is 2.71. The molecule has 1 aliphatic carbocycles. The summed E-state index contributed by atoms with van der Waals surface area (Å²) in [6, 6.07) is 9.43. The summed E-state index contributed by atoms with van der Waals surface area (Å²) in [5.41, 5.74) is 3.16. The Morgan fingerprint density at radius 2 is 1.61 bits per heavy atom. The number of sulfonamides is 1. The molecule has 168 valence electrons. The summed E-state index contributed by atoms with van der Waals surface area (Å²) in [6.45, 7) is 5.56. The van der Waals surface area contributed by atoms with Crippen molar-refractivity contribution in [3.05, 3.63) is 64.5 Å². The number of aryl methyl sites for hydroxylation is 3. The molecular formula is C24H31FN2O3S. The highest BCUT2D eigenvalue weighted by Gasteiger charge is 2.35. The minimum atomic E-state index is -3.84. The maximum absolute atomic E-state index is 13.7. The molecule has 0 radical (unpaired) electrons. The van der Waals surface area contributed by atoms with Crippen LogP contribution >= 0.6 is 0 Å². The number of hydrogen-bond donors (Lipinski definition) is 1. The lowest BCUT2D eigenvalue weighted by atomic mass is 9.95. The first-order chi connectivity index (χ1) is 14.7. The Morgan fingerprint density at radius 1 is 1.03 bits per heavy atom. The van der Waals surface area contributed by atoms with Gasteiger partial charge in [0.15, 0.2) is 0 Å². The number of carbonyl (C=O) groups excluding carboxylic acids is 1. The van der Waals surface area contributed by atoms with Crippen LogP contribution in [0.15, 0.2) is 41.3 Å². The zero-order chi connectivity index (χ0) is 22.6. The van der Waals surface area contributed by atoms with Crippen molar-refractivity contribution < 1.29 is 17.6 Å². The summed E-state index contributed by atoms with van der Waals surface area (Å²) in [7, 11) is -3.84. The van der Waals surface area contributed by atoms with Crippen LogP contribution in [0.4, 0.5) is 4.39 Å². The maximum atomic E-state index is 13.7. The number of nitrogens with zero attached hydrogens (tertiary/aromatic N) is 1. The van der Waals surface area contributed by atoms with Crippen LogP contribution in [0.25, 0.3) is 0 Å². The third kappa shape index (κ3) is 5.71. The molecule has 0 saturated heterocycles. The first-order valence-corrected chi connectivity index (χ1v) is 12.2. The van der Waals surface area contributed by atoms with E-state index in [-0.39, 0.29) is 30.9 Å². The molecule has 0 spiro atoms. The van der Waals surface area contributed by atoms with E-state index in [1.54, 1.807) is 26.0 Å². The molecule has 1 amide bonds. The van der Waals surface area contributed by atoms with Crippen molar-refractivity contribution in [3.63, 3.8) is 0 Å². The molecule has 2 aromatic carbocycles. The molecule has 1 fully saturated rings. The molecule has 1 saturated carbocycles. The van der Waals surface area contributed by atoms with Crippen molar-refractivity contribution in [3.8, 4) is 0 Å². The molecule has 0 atom stereocenters. The van der Waals surface area contributed by atoms with Crippen molar-refractivity contribution in [1.29, 1.82) is 0 Å². The van der Waals surface area contributed by atoms with E-state index in [1.807, 2.05) is 19.1 Å². The van der Waals surface area contributed by atoms with Gasteiger partial charge in [-0.2, -0.15) is 4.31 Å². The highest BCUT2D eigenvalue weighted by atomic mass is 32.2. The van der Waals surface area contributed by atoms with Crippen LogP contribution in [0, 0.1) is 26.6 Å². The van der Waals surface area contributed by atoms with E-state index < -0.39 is 10.0 Å². The lowest BCUT2D eigenvalue weighted by Crippen LogP contribution is -2.47. The van der Waals surface area contributed by atoms with Gasteiger partial charge in [-0.25, -0.2) is 12.8 Å². The van der Waals surface area contributed by atoms with Gasteiger partial charge < -0.3 is 5.32 Å². The number of amides is 1. The monoisotopic (exact) mass is 446 g/mol. The summed E-state index contributed by atoms with van der Waals surface area (Å²) < 4.78 is 42.0. The molecule has 0 heterocycles. The summed E-state index contributed by atoms with van der Waals surface area (Å²) in [4.78, 5) is 13.0. The van der Waals surface area contributed by atoms with E-state index >= 15 is 0 Å². The first kappa shape index (κ1) is 23.4. The lowest BCUT2D eigenvalue weighted by Gasteiger charge is -2.33. The number of hydrogen-bond acceptors (Lipinski definition) is 3. The van der Waals surface area contributed by atoms with Gasteiger partial charge in [-0.15, -0.1) is 0 Å². The number of rotatable bonds is 7. The molecule has 1 aliphatic rings. The van der Waals surface area contributed by atoms with Crippen molar-refractivity contribution in [2.75, 3.05) is 6.54 Å². The van der Waals surface area contributed by atoms with Crippen LogP contribution in [0.3, 0.4) is 0 Å². The fraction of sp³-hybridized carbons (Fsp3) is 0.458. The zero-order valence-corrected chi connectivity index (χ0v) is 19.3. The van der Waals surface area contributed by atoms with Gasteiger partial charge in [-0.1, -0.05) is 49.1 Å². The second kappa shape index (κ2) is 9.92. The number of nitrogens with one attached hydrogen (secondary N) is 1. The van der Waals surface area contributed by atoms with Gasteiger partial charge in [0, 0.05) is 12.6 Å². The molecule has 0 unspecified atom stereocenters. The van der Waals surface area contributed by atoms with E-state index in [4.69, 9.17) is 0 Å². The molecule has 0 aliphatic heterocycles. The van der Waals surface area contributed by atoms with Gasteiger partial charge in [0.05, 0.1) is 11.4 Å². The second-order valence-electron chi connectivity index (χ2n) is 8.47. The Hall–Kier alpha value is -2.25. The average molecular weight is 447 g/mol. The van der Waals surface area contributed by atoms with Crippen LogP contribution < -0.4 is 5.32 Å². The van der Waals surface area contributed by atoms with Crippen molar-refractivity contribution in [2.45, 2.75) is 70.4 Å². The minimum absolute atomic E-state index is 0.185. The van der Waals surface area contributed by atoms with Crippen LogP contribution in [0.5, 0.6) is 0 Å². The van der Waals surface area contributed by atoms with Gasteiger partial charge in [0.2, 0.25) is 15.9 Å². The third-order valence-electron chi connectivity index (χ3n) is 5.86. The zero-order valence-electron chi connectivity index (χ0n) is 18.4. The normalized spacial score (nSPS) is 15.3. The predicted molar refractivity (Wildman–Crippen MR) is 120 cm³/mol. The second-order valence-corrected chi connectivity index (χ2v) is 10.3.